The molecule has 0 radical (unpaired) electrons. The van der Waals surface area contributed by atoms with Crippen LogP contribution in [0.1, 0.15) is 111 Å². The summed E-state index contributed by atoms with van der Waals surface area (Å²) in [5, 5.41) is 23.8. The number of aromatic nitrogens is 3. The number of hydrogen-bond donors (Lipinski definition) is 6. The lowest BCUT2D eigenvalue weighted by Crippen LogP contribution is -2.59. The van der Waals surface area contributed by atoms with Crippen LogP contribution >= 0.6 is 0 Å². The Bertz CT molecular complexity index is 2040. The minimum Gasteiger partial charge on any atom is -0.444 e. The van der Waals surface area contributed by atoms with Gasteiger partial charge >= 0.3 is 6.09 Å². The van der Waals surface area contributed by atoms with Gasteiger partial charge in [0.1, 0.15) is 29.8 Å². The van der Waals surface area contributed by atoms with E-state index in [2.05, 4.69) is 36.2 Å². The van der Waals surface area contributed by atoms with E-state index < -0.39 is 71.6 Å². The number of H-pyrrole nitrogens is 1. The third-order valence-electron chi connectivity index (χ3n) is 12.3. The topological polar surface area (TPSA) is 228 Å². The van der Waals surface area contributed by atoms with Crippen molar-refractivity contribution in [1.82, 2.24) is 46.0 Å². The number of nitrogens with one attached hydrogen (secondary N) is 5. The Hall–Kier alpha value is -5.84. The summed E-state index contributed by atoms with van der Waals surface area (Å²) in [6, 6.07) is 9.83. The second-order valence-corrected chi connectivity index (χ2v) is 19.6. The lowest BCUT2D eigenvalue weighted by atomic mass is 9.85. The van der Waals surface area contributed by atoms with E-state index in [1.165, 1.54) is 23.2 Å². The van der Waals surface area contributed by atoms with Crippen LogP contribution in [0.15, 0.2) is 67.3 Å². The summed E-state index contributed by atoms with van der Waals surface area (Å²) in [7, 11) is 1.50. The minimum absolute atomic E-state index is 0.00979. The molecule has 0 unspecified atom stereocenters. The van der Waals surface area contributed by atoms with Gasteiger partial charge in [0.15, 0.2) is 0 Å². The Morgan fingerprint density at radius 1 is 0.910 bits per heavy atom. The van der Waals surface area contributed by atoms with Crippen molar-refractivity contribution in [2.45, 2.75) is 156 Å². The fourth-order valence-corrected chi connectivity index (χ4v) is 8.26. The van der Waals surface area contributed by atoms with Crippen LogP contribution < -0.4 is 21.3 Å². The molecule has 6 N–H and O–H groups in total. The number of hydrogen-bond acceptors (Lipinski definition) is 10. The first-order valence-electron chi connectivity index (χ1n) is 23.7. The highest BCUT2D eigenvalue weighted by atomic mass is 16.6. The number of pyridine rings is 1. The molecule has 6 amide bonds. The number of ether oxygens (including phenoxy) is 1. The van der Waals surface area contributed by atoms with Crippen LogP contribution in [0.5, 0.6) is 0 Å². The third kappa shape index (κ3) is 16.5. The molecule has 8 atom stereocenters. The standard InChI is InChI=1S/C50H75N9O8/c1-11-33(6)43(47(64)53-29-35-20-15-16-22-52-35)57-44(61)37(32(4)5)27-42(60)38(24-31(2)3)55-46(63)41(26-36-28-51-30-54-36)58(10)48(65)39(25-34-18-13-12-14-19-34)56-45(62)40-21-17-23-59(40)49(66)67-50(7,8)9/h12-16,18-20,22,28,30-33,37-43,60H,11,17,21,23-27,29H2,1-10H3,(H,51,54)(H,53,64)(H,55,63)(H,56,62)(H,57,61)/t33-,37-,38-,39-,40-,41-,42+,43-/m0/s1. The molecule has 0 saturated carbocycles. The first kappa shape index (κ1) is 53.8. The van der Waals surface area contributed by atoms with Crippen molar-refractivity contribution in [1.29, 1.82) is 0 Å². The molecule has 17 heteroatoms. The van der Waals surface area contributed by atoms with Crippen molar-refractivity contribution in [3.05, 3.63) is 84.2 Å². The van der Waals surface area contributed by atoms with Gasteiger partial charge in [-0.3, -0.25) is 33.9 Å². The normalized spacial score (nSPS) is 17.1. The summed E-state index contributed by atoms with van der Waals surface area (Å²) in [6.07, 6.45) is 4.92. The molecule has 3 heterocycles. The van der Waals surface area contributed by atoms with E-state index in [4.69, 9.17) is 4.74 Å². The fourth-order valence-electron chi connectivity index (χ4n) is 8.26. The van der Waals surface area contributed by atoms with Crippen molar-refractivity contribution in [2.75, 3.05) is 13.6 Å². The van der Waals surface area contributed by atoms with Gasteiger partial charge in [0.25, 0.3) is 0 Å². The Labute approximate surface area is 396 Å². The van der Waals surface area contributed by atoms with Crippen molar-refractivity contribution < 1.29 is 38.6 Å². The summed E-state index contributed by atoms with van der Waals surface area (Å²) in [4.78, 5) is 98.3. The monoisotopic (exact) mass is 930 g/mol. The highest BCUT2D eigenvalue weighted by molar-refractivity contribution is 5.94. The zero-order valence-electron chi connectivity index (χ0n) is 41.1. The average Bonchev–Trinajstić information content (AvgIpc) is 4.00. The number of aliphatic hydroxyl groups excluding tert-OH is 1. The molecule has 4 rings (SSSR count). The largest absolute Gasteiger partial charge is 0.444 e. The van der Waals surface area contributed by atoms with E-state index in [1.807, 2.05) is 77.9 Å². The number of carbonyl (C=O) groups is 6. The van der Waals surface area contributed by atoms with Gasteiger partial charge in [-0.25, -0.2) is 9.78 Å². The SMILES string of the molecule is CC[C@H](C)[C@H](NC(=O)[C@@H](C[C@@H](O)[C@H](CC(C)C)NC(=O)[C@H](Cc1cnc[nH]1)N(C)C(=O)[C@H](Cc1ccccc1)NC(=O)[C@@H]1CCCN1C(=O)OC(C)(C)C)C(C)C)C(=O)NCc1ccccn1. The quantitative estimate of drug-likeness (QED) is 0.0768. The Morgan fingerprint density at radius 3 is 2.21 bits per heavy atom. The number of amides is 6. The maximum Gasteiger partial charge on any atom is 0.410 e. The highest BCUT2D eigenvalue weighted by Crippen LogP contribution is 2.25. The van der Waals surface area contributed by atoms with Gasteiger partial charge in [-0.15, -0.1) is 0 Å². The second-order valence-electron chi connectivity index (χ2n) is 19.6. The molecule has 0 spiro atoms. The summed E-state index contributed by atoms with van der Waals surface area (Å²) < 4.78 is 5.60. The van der Waals surface area contributed by atoms with Gasteiger partial charge in [-0.05, 0) is 81.9 Å². The first-order chi connectivity index (χ1) is 31.7. The van der Waals surface area contributed by atoms with Crippen LogP contribution in [-0.2, 0) is 48.1 Å². The molecule has 1 aromatic carbocycles. The number of aliphatic hydroxyl groups is 1. The van der Waals surface area contributed by atoms with Crippen LogP contribution in [0.25, 0.3) is 0 Å². The van der Waals surface area contributed by atoms with Crippen molar-refractivity contribution in [3.8, 4) is 0 Å². The van der Waals surface area contributed by atoms with Crippen molar-refractivity contribution in [2.24, 2.45) is 23.7 Å². The van der Waals surface area contributed by atoms with Gasteiger partial charge < -0.3 is 41.0 Å². The lowest BCUT2D eigenvalue weighted by molar-refractivity contribution is -0.143. The molecule has 1 saturated heterocycles. The Morgan fingerprint density at radius 2 is 1.61 bits per heavy atom. The number of likely N-dealkylation sites (tertiary alicyclic amines) is 1. The molecule has 368 valence electrons. The number of nitrogens with zero attached hydrogens (tertiary/aromatic N) is 4. The molecule has 0 aliphatic carbocycles. The maximum atomic E-state index is 14.8. The minimum atomic E-state index is -1.19. The average molecular weight is 930 g/mol. The molecule has 1 aliphatic heterocycles. The molecule has 1 fully saturated rings. The molecular formula is C50H75N9O8. The number of imidazole rings is 1. The molecule has 17 nitrogen and oxygen atoms in total. The lowest BCUT2D eigenvalue weighted by Gasteiger charge is -2.35. The van der Waals surface area contributed by atoms with E-state index in [0.717, 1.165) is 5.56 Å². The van der Waals surface area contributed by atoms with Gasteiger partial charge in [-0.1, -0.05) is 84.4 Å². The smallest absolute Gasteiger partial charge is 0.410 e. The summed E-state index contributed by atoms with van der Waals surface area (Å²) >= 11 is 0. The Kier molecular flexibility index (Phi) is 20.3. The number of rotatable bonds is 23. The second kappa shape index (κ2) is 25.3. The van der Waals surface area contributed by atoms with E-state index >= 15 is 0 Å². The summed E-state index contributed by atoms with van der Waals surface area (Å²) in [6.45, 7) is 17.3. The van der Waals surface area contributed by atoms with Gasteiger partial charge in [-0.2, -0.15) is 0 Å². The number of likely N-dealkylation sites (N-methyl/N-ethyl adjacent to an activating group) is 1. The van der Waals surface area contributed by atoms with Crippen LogP contribution in [0.2, 0.25) is 0 Å². The summed E-state index contributed by atoms with van der Waals surface area (Å²) in [5.41, 5.74) is 1.25. The molecule has 2 aromatic heterocycles. The Balaban J connectivity index is 1.57. The van der Waals surface area contributed by atoms with E-state index in [1.54, 1.807) is 45.3 Å². The maximum absolute atomic E-state index is 14.8. The predicted molar refractivity (Wildman–Crippen MR) is 255 cm³/mol. The number of benzene rings is 1. The van der Waals surface area contributed by atoms with Gasteiger partial charge in [0.05, 0.1) is 30.7 Å². The van der Waals surface area contributed by atoms with Crippen molar-refractivity contribution in [3.63, 3.8) is 0 Å². The first-order valence-corrected chi connectivity index (χ1v) is 23.7. The highest BCUT2D eigenvalue weighted by Gasteiger charge is 2.41. The predicted octanol–water partition coefficient (Wildman–Crippen LogP) is 4.70. The molecule has 1 aliphatic rings. The molecule has 0 bridgehead atoms. The fraction of sp³-hybridized carbons (Fsp3) is 0.600. The number of carbonyl (C=O) groups excluding carboxylic acids is 6. The van der Waals surface area contributed by atoms with Crippen LogP contribution in [0, 0.1) is 23.7 Å². The zero-order valence-corrected chi connectivity index (χ0v) is 41.1. The van der Waals surface area contributed by atoms with Crippen LogP contribution in [0.3, 0.4) is 0 Å². The zero-order chi connectivity index (χ0) is 49.4. The third-order valence-corrected chi connectivity index (χ3v) is 12.3. The van der Waals surface area contributed by atoms with Gasteiger partial charge in [0.2, 0.25) is 29.5 Å². The number of aromatic amines is 1. The molecular weight excluding hydrogens is 855 g/mol. The van der Waals surface area contributed by atoms with E-state index in [-0.39, 0.29) is 55.4 Å². The molecule has 3 aromatic rings. The van der Waals surface area contributed by atoms with Gasteiger partial charge in [0, 0.05) is 50.4 Å². The van der Waals surface area contributed by atoms with Crippen molar-refractivity contribution >= 4 is 35.6 Å². The van der Waals surface area contributed by atoms with Crippen LogP contribution in [-0.4, -0.2) is 121 Å². The van der Waals surface area contributed by atoms with E-state index in [0.29, 0.717) is 43.6 Å². The van der Waals surface area contributed by atoms with Crippen LogP contribution in [0.4, 0.5) is 4.79 Å². The van der Waals surface area contributed by atoms with E-state index in [9.17, 15) is 33.9 Å². The molecule has 67 heavy (non-hydrogen) atoms. The summed E-state index contributed by atoms with van der Waals surface area (Å²) in [5.74, 6) is -3.49.